The first kappa shape index (κ1) is 13.2. The van der Waals surface area contributed by atoms with E-state index < -0.39 is 0 Å². The smallest absolute Gasteiger partial charge is 0.229 e. The van der Waals surface area contributed by atoms with Crippen LogP contribution in [0.4, 0.5) is 5.95 Å². The van der Waals surface area contributed by atoms with Gasteiger partial charge in [0.05, 0.1) is 0 Å². The molecule has 16 heavy (non-hydrogen) atoms. The molecule has 0 amide bonds. The third-order valence-corrected chi connectivity index (χ3v) is 2.49. The Morgan fingerprint density at radius 3 is 2.25 bits per heavy atom. The van der Waals surface area contributed by atoms with E-state index in [1.807, 2.05) is 11.9 Å². The Morgan fingerprint density at radius 2 is 1.75 bits per heavy atom. The number of anilines is 1. The zero-order chi connectivity index (χ0) is 12.3. The van der Waals surface area contributed by atoms with Gasteiger partial charge in [-0.3, -0.25) is 0 Å². The van der Waals surface area contributed by atoms with Gasteiger partial charge in [-0.2, -0.15) is 9.97 Å². The molecule has 0 aliphatic heterocycles. The number of hydrogen-bond acceptors (Lipinski definition) is 4. The highest BCUT2D eigenvalue weighted by atomic mass is 35.5. The minimum Gasteiger partial charge on any atom is -0.341 e. The van der Waals surface area contributed by atoms with E-state index in [2.05, 4.69) is 42.6 Å². The molecule has 0 fully saturated rings. The molecule has 0 saturated heterocycles. The molecule has 4 nitrogen and oxygen atoms in total. The first-order valence-electron chi connectivity index (χ1n) is 5.53. The molecule has 0 aliphatic carbocycles. The van der Waals surface area contributed by atoms with E-state index in [9.17, 15) is 0 Å². The standard InChI is InChI=1S/C11H19ClN4/c1-7(2)6-9-13-10(12)15-11(14-9)16(5)8(3)4/h7-8H,6H2,1-5H3. The Kier molecular flexibility index (Phi) is 4.47. The molecule has 0 unspecified atom stereocenters. The van der Waals surface area contributed by atoms with Gasteiger partial charge < -0.3 is 4.90 Å². The van der Waals surface area contributed by atoms with Gasteiger partial charge >= 0.3 is 0 Å². The Hall–Kier alpha value is -0.900. The molecule has 0 aromatic carbocycles. The number of rotatable bonds is 4. The highest BCUT2D eigenvalue weighted by Gasteiger charge is 2.12. The van der Waals surface area contributed by atoms with Crippen LogP contribution in [0.1, 0.15) is 33.5 Å². The van der Waals surface area contributed by atoms with Crippen LogP contribution in [-0.2, 0) is 6.42 Å². The minimum absolute atomic E-state index is 0.271. The van der Waals surface area contributed by atoms with Crippen LogP contribution in [0.25, 0.3) is 0 Å². The van der Waals surface area contributed by atoms with Crippen molar-refractivity contribution < 1.29 is 0 Å². The maximum Gasteiger partial charge on any atom is 0.229 e. The number of hydrogen-bond donors (Lipinski definition) is 0. The quantitative estimate of drug-likeness (QED) is 0.814. The summed E-state index contributed by atoms with van der Waals surface area (Å²) < 4.78 is 0. The zero-order valence-electron chi connectivity index (χ0n) is 10.5. The summed E-state index contributed by atoms with van der Waals surface area (Å²) in [6.45, 7) is 8.42. The highest BCUT2D eigenvalue weighted by Crippen LogP contribution is 2.13. The Bertz CT molecular complexity index is 352. The lowest BCUT2D eigenvalue weighted by molar-refractivity contribution is 0.613. The van der Waals surface area contributed by atoms with E-state index in [1.54, 1.807) is 0 Å². The summed E-state index contributed by atoms with van der Waals surface area (Å²) in [6, 6.07) is 0.338. The van der Waals surface area contributed by atoms with Crippen molar-refractivity contribution in [3.63, 3.8) is 0 Å². The van der Waals surface area contributed by atoms with Crippen molar-refractivity contribution in [3.05, 3.63) is 11.1 Å². The van der Waals surface area contributed by atoms with E-state index in [0.717, 1.165) is 12.2 Å². The first-order chi connectivity index (χ1) is 7.40. The second-order valence-corrected chi connectivity index (χ2v) is 4.96. The number of nitrogens with zero attached hydrogens (tertiary/aromatic N) is 4. The van der Waals surface area contributed by atoms with Crippen molar-refractivity contribution in [3.8, 4) is 0 Å². The molecule has 0 saturated carbocycles. The van der Waals surface area contributed by atoms with E-state index in [-0.39, 0.29) is 5.28 Å². The molecule has 1 aromatic heterocycles. The molecule has 5 heteroatoms. The average Bonchev–Trinajstić information content (AvgIpc) is 2.14. The lowest BCUT2D eigenvalue weighted by atomic mass is 10.1. The van der Waals surface area contributed by atoms with E-state index >= 15 is 0 Å². The first-order valence-corrected chi connectivity index (χ1v) is 5.91. The van der Waals surface area contributed by atoms with Crippen molar-refractivity contribution in [2.75, 3.05) is 11.9 Å². The predicted octanol–water partition coefficient (Wildman–Crippen LogP) is 2.57. The molecule has 1 heterocycles. The summed E-state index contributed by atoms with van der Waals surface area (Å²) in [5.74, 6) is 1.92. The largest absolute Gasteiger partial charge is 0.341 e. The molecule has 0 spiro atoms. The van der Waals surface area contributed by atoms with Crippen molar-refractivity contribution in [1.82, 2.24) is 15.0 Å². The van der Waals surface area contributed by atoms with Crippen LogP contribution in [-0.4, -0.2) is 28.0 Å². The molecular weight excluding hydrogens is 224 g/mol. The zero-order valence-corrected chi connectivity index (χ0v) is 11.3. The van der Waals surface area contributed by atoms with Crippen LogP contribution in [0, 0.1) is 5.92 Å². The van der Waals surface area contributed by atoms with Crippen molar-refractivity contribution >= 4 is 17.5 Å². The molecule has 1 rings (SSSR count). The summed E-state index contributed by atoms with van der Waals surface area (Å²) in [4.78, 5) is 14.7. The normalized spacial score (nSPS) is 11.2. The van der Waals surface area contributed by atoms with Crippen LogP contribution in [0.5, 0.6) is 0 Å². The Morgan fingerprint density at radius 1 is 1.12 bits per heavy atom. The number of halogens is 1. The topological polar surface area (TPSA) is 41.9 Å². The molecule has 90 valence electrons. The van der Waals surface area contributed by atoms with Crippen LogP contribution >= 0.6 is 11.6 Å². The highest BCUT2D eigenvalue weighted by molar-refractivity contribution is 6.28. The summed E-state index contributed by atoms with van der Waals surface area (Å²) >= 11 is 5.89. The van der Waals surface area contributed by atoms with Crippen LogP contribution < -0.4 is 4.90 Å². The van der Waals surface area contributed by atoms with Gasteiger partial charge in [0, 0.05) is 19.5 Å². The monoisotopic (exact) mass is 242 g/mol. The maximum absolute atomic E-state index is 5.89. The Balaban J connectivity index is 2.98. The van der Waals surface area contributed by atoms with Gasteiger partial charge in [-0.15, -0.1) is 0 Å². The third kappa shape index (κ3) is 3.59. The molecule has 0 N–H and O–H groups in total. The number of aromatic nitrogens is 3. The van der Waals surface area contributed by atoms with Crippen LogP contribution in [0.2, 0.25) is 5.28 Å². The van der Waals surface area contributed by atoms with Gasteiger partial charge in [-0.25, -0.2) is 4.98 Å². The molecule has 0 aliphatic rings. The predicted molar refractivity (Wildman–Crippen MR) is 66.9 cm³/mol. The van der Waals surface area contributed by atoms with Gasteiger partial charge in [-0.1, -0.05) is 13.8 Å². The second kappa shape index (κ2) is 5.43. The second-order valence-electron chi connectivity index (χ2n) is 4.62. The minimum atomic E-state index is 0.271. The molecular formula is C11H19ClN4. The Labute approximate surface area is 102 Å². The lowest BCUT2D eigenvalue weighted by Gasteiger charge is -2.21. The average molecular weight is 243 g/mol. The summed E-state index contributed by atoms with van der Waals surface area (Å²) in [5, 5.41) is 0.271. The third-order valence-electron chi connectivity index (χ3n) is 2.32. The summed E-state index contributed by atoms with van der Waals surface area (Å²) in [5.41, 5.74) is 0. The maximum atomic E-state index is 5.89. The van der Waals surface area contributed by atoms with Crippen LogP contribution in [0.3, 0.4) is 0 Å². The summed E-state index contributed by atoms with van der Waals surface area (Å²) in [7, 11) is 1.95. The molecule has 0 radical (unpaired) electrons. The van der Waals surface area contributed by atoms with E-state index in [4.69, 9.17) is 11.6 Å². The van der Waals surface area contributed by atoms with E-state index in [0.29, 0.717) is 17.9 Å². The SMILES string of the molecule is CC(C)Cc1nc(Cl)nc(N(C)C(C)C)n1. The van der Waals surface area contributed by atoms with Crippen molar-refractivity contribution in [2.24, 2.45) is 5.92 Å². The van der Waals surface area contributed by atoms with Crippen molar-refractivity contribution in [2.45, 2.75) is 40.2 Å². The van der Waals surface area contributed by atoms with Gasteiger partial charge in [0.15, 0.2) is 0 Å². The van der Waals surface area contributed by atoms with E-state index in [1.165, 1.54) is 0 Å². The molecule has 0 bridgehead atoms. The van der Waals surface area contributed by atoms with Crippen LogP contribution in [0.15, 0.2) is 0 Å². The van der Waals surface area contributed by atoms with Gasteiger partial charge in [-0.05, 0) is 31.4 Å². The van der Waals surface area contributed by atoms with Gasteiger partial charge in [0.1, 0.15) is 5.82 Å². The van der Waals surface area contributed by atoms with Gasteiger partial charge in [0.2, 0.25) is 11.2 Å². The fourth-order valence-electron chi connectivity index (χ4n) is 1.22. The fraction of sp³-hybridized carbons (Fsp3) is 0.727. The molecule has 1 aromatic rings. The van der Waals surface area contributed by atoms with Crippen molar-refractivity contribution in [1.29, 1.82) is 0 Å². The molecule has 0 atom stereocenters. The fourth-order valence-corrected chi connectivity index (χ4v) is 1.40. The van der Waals surface area contributed by atoms with Gasteiger partial charge in [0.25, 0.3) is 0 Å². The lowest BCUT2D eigenvalue weighted by Crippen LogP contribution is -2.28. The summed E-state index contributed by atoms with van der Waals surface area (Å²) in [6.07, 6.45) is 0.821.